The molecule has 0 saturated carbocycles. The third kappa shape index (κ3) is 17.8. The van der Waals surface area contributed by atoms with Gasteiger partial charge in [-0.25, -0.2) is 0 Å². The number of hydrogen-bond donors (Lipinski definition) is 0. The van der Waals surface area contributed by atoms with E-state index in [1.807, 2.05) is 0 Å². The Balaban J connectivity index is -0.0000000206. The van der Waals surface area contributed by atoms with E-state index in [1.54, 1.807) is 0 Å². The summed E-state index contributed by atoms with van der Waals surface area (Å²) in [4.78, 5) is 0. The molecule has 0 amide bonds. The Morgan fingerprint density at radius 2 is 0.714 bits per heavy atom. The molecule has 2 aliphatic heterocycles. The summed E-state index contributed by atoms with van der Waals surface area (Å²) in [5.74, 6) is 0. The first kappa shape index (κ1) is 57.0. The van der Waals surface area contributed by atoms with Crippen molar-refractivity contribution < 1.29 is 136 Å². The molecule has 0 aromatic heterocycles. The molecular weight excluding hydrogens is 329 g/mol. The van der Waals surface area contributed by atoms with Crippen molar-refractivity contribution in [2.45, 2.75) is 0 Å². The quantitative estimate of drug-likeness (QED) is 0.434. The molecule has 2 fully saturated rings. The van der Waals surface area contributed by atoms with E-state index in [1.165, 1.54) is 0 Å². The average Bonchev–Trinajstić information content (AvgIpc) is 1.81. The minimum Gasteiger partial charge on any atom is -0.833 e. The Labute approximate surface area is 164 Å². The minimum absolute atomic E-state index is 0. The van der Waals surface area contributed by atoms with Crippen LogP contribution >= 0.6 is 0 Å². The van der Waals surface area contributed by atoms with Gasteiger partial charge in [0.1, 0.15) is 0 Å². The molecule has 2 aliphatic rings. The van der Waals surface area contributed by atoms with E-state index in [0.29, 0.717) is 0 Å². The molecule has 21 heteroatoms. The molecule has 2 saturated heterocycles. The summed E-state index contributed by atoms with van der Waals surface area (Å²) in [6.07, 6.45) is 0. The van der Waals surface area contributed by atoms with E-state index in [9.17, 15) is 10.0 Å². The molecule has 0 aliphatic carbocycles. The summed E-state index contributed by atoms with van der Waals surface area (Å²) in [7, 11) is -5.17. The molecule has 16 N–H and O–H groups in total. The monoisotopic (exact) mass is 346 g/mol. The maximum absolute atomic E-state index is 10.1. The van der Waals surface area contributed by atoms with E-state index in [4.69, 9.17) is 0 Å². The van der Waals surface area contributed by atoms with Gasteiger partial charge in [-0.1, -0.05) is 0 Å². The van der Waals surface area contributed by atoms with Crippen LogP contribution in [0.5, 0.6) is 0 Å². The van der Waals surface area contributed by atoms with E-state index >= 15 is 0 Å². The molecular formula is H16B4Na2O15. The minimum atomic E-state index is -1.51. The van der Waals surface area contributed by atoms with Gasteiger partial charge in [-0.05, 0) is 0 Å². The van der Waals surface area contributed by atoms with Crippen LogP contribution in [0.3, 0.4) is 0 Å². The van der Waals surface area contributed by atoms with Crippen molar-refractivity contribution >= 4 is 29.3 Å². The van der Waals surface area contributed by atoms with Gasteiger partial charge >= 0.3 is 88.4 Å². The van der Waals surface area contributed by atoms with E-state index < -0.39 is 29.3 Å². The summed E-state index contributed by atoms with van der Waals surface area (Å²) >= 11 is 0. The van der Waals surface area contributed by atoms with Crippen molar-refractivity contribution in [2.24, 2.45) is 0 Å². The van der Waals surface area contributed by atoms with Crippen LogP contribution in [-0.2, 0) is 22.9 Å². The SMILES string of the molecule is O.O.O.O.O.O.O.O.[Na+].[Na+].[O-]B1OB(OB2OB([O-])O2)O1. The summed E-state index contributed by atoms with van der Waals surface area (Å²) in [6, 6.07) is 0. The molecule has 0 atom stereocenters. The predicted molar refractivity (Wildman–Crippen MR) is 57.4 cm³/mol. The zero-order chi connectivity index (χ0) is 7.84. The van der Waals surface area contributed by atoms with Gasteiger partial charge in [0.2, 0.25) is 0 Å². The van der Waals surface area contributed by atoms with Gasteiger partial charge in [0.15, 0.2) is 0 Å². The Bertz CT molecular complexity index is 135. The van der Waals surface area contributed by atoms with Crippen LogP contribution in [0.15, 0.2) is 0 Å². The Kier molecular flexibility index (Phi) is 72.0. The Morgan fingerprint density at radius 3 is 0.857 bits per heavy atom. The van der Waals surface area contributed by atoms with Crippen LogP contribution in [-0.4, -0.2) is 73.1 Å². The molecule has 0 radical (unpaired) electrons. The second-order valence-corrected chi connectivity index (χ2v) is 1.84. The number of rotatable bonds is 2. The van der Waals surface area contributed by atoms with Gasteiger partial charge in [-0.15, -0.1) is 0 Å². The summed E-state index contributed by atoms with van der Waals surface area (Å²) < 4.78 is 21.8. The standard InChI is InChI=1S/B4O7.2Na.8H2O/c5-1-7-3(8-1)11-4-9-2(6)10-4;;;;;;;;;;/h;;;8*1H2/q-2;2*+1;;;;;;;;. The van der Waals surface area contributed by atoms with Gasteiger partial charge in [0, 0.05) is 0 Å². The first-order chi connectivity index (χ1) is 5.24. The maximum Gasteiger partial charge on any atom is 1.00 e. The smallest absolute Gasteiger partial charge is 0.833 e. The molecule has 0 spiro atoms. The molecule has 21 heavy (non-hydrogen) atoms. The molecule has 2 rings (SSSR count). The van der Waals surface area contributed by atoms with Crippen LogP contribution in [0.2, 0.25) is 0 Å². The predicted octanol–water partition coefficient (Wildman–Crippen LogP) is -16.8. The van der Waals surface area contributed by atoms with Crippen molar-refractivity contribution in [3.05, 3.63) is 0 Å². The van der Waals surface area contributed by atoms with Crippen LogP contribution in [0, 0.1) is 0 Å². The normalized spacial score (nSPS) is 12.3. The molecule has 120 valence electrons. The molecule has 0 aromatic carbocycles. The molecule has 15 nitrogen and oxygen atoms in total. The Morgan fingerprint density at radius 1 is 0.524 bits per heavy atom. The fraction of sp³-hybridized carbons (Fsp3) is 0. The van der Waals surface area contributed by atoms with Crippen molar-refractivity contribution in [1.29, 1.82) is 0 Å². The van der Waals surface area contributed by atoms with Gasteiger partial charge < -0.3 is 76.7 Å². The molecule has 0 aromatic rings. The Hall–Kier alpha value is 1.66. The van der Waals surface area contributed by atoms with Gasteiger partial charge in [-0.2, -0.15) is 0 Å². The van der Waals surface area contributed by atoms with Crippen molar-refractivity contribution in [1.82, 2.24) is 0 Å². The zero-order valence-corrected chi connectivity index (χ0v) is 15.2. The second-order valence-electron chi connectivity index (χ2n) is 1.84. The van der Waals surface area contributed by atoms with E-state index in [0.717, 1.165) is 0 Å². The third-order valence-corrected chi connectivity index (χ3v) is 1.11. The first-order valence-electron chi connectivity index (χ1n) is 2.83. The van der Waals surface area contributed by atoms with Crippen LogP contribution in [0.25, 0.3) is 0 Å². The van der Waals surface area contributed by atoms with Crippen molar-refractivity contribution in [2.75, 3.05) is 0 Å². The van der Waals surface area contributed by atoms with Crippen LogP contribution in [0.1, 0.15) is 0 Å². The van der Waals surface area contributed by atoms with E-state index in [-0.39, 0.29) is 103 Å². The average molecular weight is 345 g/mol. The van der Waals surface area contributed by atoms with E-state index in [2.05, 4.69) is 22.9 Å². The van der Waals surface area contributed by atoms with Gasteiger partial charge in [0.05, 0.1) is 0 Å². The maximum atomic E-state index is 10.1. The van der Waals surface area contributed by atoms with Crippen molar-refractivity contribution in [3.63, 3.8) is 0 Å². The third-order valence-electron chi connectivity index (χ3n) is 1.11. The van der Waals surface area contributed by atoms with Crippen LogP contribution in [0.4, 0.5) is 0 Å². The summed E-state index contributed by atoms with van der Waals surface area (Å²) in [5.41, 5.74) is 0. The van der Waals surface area contributed by atoms with Gasteiger partial charge in [0.25, 0.3) is 0 Å². The molecule has 0 unspecified atom stereocenters. The van der Waals surface area contributed by atoms with Crippen LogP contribution < -0.4 is 69.2 Å². The fourth-order valence-corrected chi connectivity index (χ4v) is 0.602. The largest absolute Gasteiger partial charge is 1.00 e. The molecule has 2 heterocycles. The van der Waals surface area contributed by atoms with Gasteiger partial charge in [-0.3, -0.25) is 0 Å². The summed E-state index contributed by atoms with van der Waals surface area (Å²) in [5, 5.41) is 20.2. The second kappa shape index (κ2) is 26.6. The fourth-order valence-electron chi connectivity index (χ4n) is 0.602. The summed E-state index contributed by atoms with van der Waals surface area (Å²) in [6.45, 7) is 0. The molecule has 0 bridgehead atoms. The topological polar surface area (TPSA) is 344 Å². The van der Waals surface area contributed by atoms with Crippen molar-refractivity contribution in [3.8, 4) is 0 Å². The number of hydrogen-bond acceptors (Lipinski definition) is 7. The first-order valence-corrected chi connectivity index (χ1v) is 2.83. The zero-order valence-electron chi connectivity index (χ0n) is 11.2.